The molecule has 32 heavy (non-hydrogen) atoms. The highest BCUT2D eigenvalue weighted by molar-refractivity contribution is 5.87. The number of hydrogen-bond donors (Lipinski definition) is 2. The lowest BCUT2D eigenvalue weighted by molar-refractivity contribution is -0.125. The van der Waals surface area contributed by atoms with Gasteiger partial charge in [-0.1, -0.05) is 0 Å². The van der Waals surface area contributed by atoms with E-state index in [1.165, 1.54) is 10.8 Å². The van der Waals surface area contributed by atoms with Crippen LogP contribution in [0.25, 0.3) is 0 Å². The van der Waals surface area contributed by atoms with Crippen LogP contribution in [-0.4, -0.2) is 59.5 Å². The van der Waals surface area contributed by atoms with Gasteiger partial charge >= 0.3 is 5.97 Å². The van der Waals surface area contributed by atoms with E-state index in [2.05, 4.69) is 0 Å². The van der Waals surface area contributed by atoms with Crippen molar-refractivity contribution in [3.63, 3.8) is 0 Å². The number of alkyl halides is 1. The summed E-state index contributed by atoms with van der Waals surface area (Å²) in [4.78, 5) is 26.0. The molecular weight excluding hydrogens is 448 g/mol. The van der Waals surface area contributed by atoms with Gasteiger partial charge in [-0.2, -0.15) is 4.39 Å². The molecule has 3 atom stereocenters. The van der Waals surface area contributed by atoms with E-state index in [-0.39, 0.29) is 54.4 Å². The second-order valence-electron chi connectivity index (χ2n) is 8.86. The van der Waals surface area contributed by atoms with E-state index >= 15 is 8.78 Å². The summed E-state index contributed by atoms with van der Waals surface area (Å²) in [6, 6.07) is -0.156. The zero-order valence-corrected chi connectivity index (χ0v) is 18.4. The van der Waals surface area contributed by atoms with Crippen molar-refractivity contribution in [1.82, 2.24) is 9.47 Å². The molecule has 3 heterocycles. The van der Waals surface area contributed by atoms with Crippen LogP contribution in [-0.2, 0) is 21.7 Å². The summed E-state index contributed by atoms with van der Waals surface area (Å²) < 4.78 is 44.8. The van der Waals surface area contributed by atoms with Crippen LogP contribution in [0.5, 0.6) is 0 Å². The Morgan fingerprint density at radius 2 is 2.12 bits per heavy atom. The predicted octanol–water partition coefficient (Wildman–Crippen LogP) is 1.86. The van der Waals surface area contributed by atoms with Gasteiger partial charge in [-0.15, -0.1) is 12.4 Å². The first-order valence-corrected chi connectivity index (χ1v) is 10.5. The maximum Gasteiger partial charge on any atom is 0.341 e. The van der Waals surface area contributed by atoms with Crippen LogP contribution in [0.4, 0.5) is 8.78 Å². The van der Waals surface area contributed by atoms with Crippen LogP contribution in [0.15, 0.2) is 22.5 Å². The molecule has 1 saturated carbocycles. The number of carbonyl (C=O) groups is 1. The van der Waals surface area contributed by atoms with Crippen LogP contribution in [0, 0.1) is 5.92 Å². The lowest BCUT2D eigenvalue weighted by atomic mass is 9.91. The van der Waals surface area contributed by atoms with Gasteiger partial charge in [0.05, 0.1) is 5.69 Å². The quantitative estimate of drug-likeness (QED) is 0.672. The Bertz CT molecular complexity index is 1060. The van der Waals surface area contributed by atoms with Crippen molar-refractivity contribution >= 4 is 18.4 Å². The summed E-state index contributed by atoms with van der Waals surface area (Å²) >= 11 is 0. The SMILES string of the molecule is COC1(F)C(N2CC3CCOC3(CN)C2)=C(F)Cc2c1n(C1CC1)cc(C(=O)O)c2=O.Cl. The minimum Gasteiger partial charge on any atom is -0.477 e. The van der Waals surface area contributed by atoms with Crippen molar-refractivity contribution in [2.75, 3.05) is 33.4 Å². The molecule has 3 N–H and O–H groups in total. The number of carboxylic acids is 1. The fraction of sp³-hybridized carbons (Fsp3) is 0.619. The number of nitrogens with two attached hydrogens (primary N) is 1. The molecule has 4 aliphatic rings. The van der Waals surface area contributed by atoms with Crippen molar-refractivity contribution in [1.29, 1.82) is 0 Å². The lowest BCUT2D eigenvalue weighted by Gasteiger charge is -2.39. The molecule has 2 saturated heterocycles. The third kappa shape index (κ3) is 3.11. The first-order valence-electron chi connectivity index (χ1n) is 10.5. The van der Waals surface area contributed by atoms with Crippen LogP contribution >= 0.6 is 12.4 Å². The second-order valence-corrected chi connectivity index (χ2v) is 8.86. The van der Waals surface area contributed by atoms with Gasteiger partial charge in [-0.05, 0) is 19.3 Å². The molecule has 1 aromatic heterocycles. The van der Waals surface area contributed by atoms with Crippen LogP contribution in [0.2, 0.25) is 0 Å². The van der Waals surface area contributed by atoms with E-state index in [4.69, 9.17) is 15.2 Å². The fourth-order valence-corrected chi connectivity index (χ4v) is 5.43. The number of likely N-dealkylation sites (tertiary alicyclic amines) is 1. The zero-order chi connectivity index (χ0) is 22.1. The molecule has 0 aromatic carbocycles. The molecule has 2 aliphatic heterocycles. The monoisotopic (exact) mass is 473 g/mol. The van der Waals surface area contributed by atoms with Crippen molar-refractivity contribution in [2.24, 2.45) is 11.7 Å². The molecule has 8 nitrogen and oxygen atoms in total. The molecule has 5 rings (SSSR count). The molecule has 11 heteroatoms. The Balaban J connectivity index is 0.00000245. The summed E-state index contributed by atoms with van der Waals surface area (Å²) in [5, 5.41) is 9.44. The number of nitrogens with zero attached hydrogens (tertiary/aromatic N) is 2. The molecular formula is C21H26ClF2N3O5. The average molecular weight is 474 g/mol. The molecule has 0 spiro atoms. The third-order valence-electron chi connectivity index (χ3n) is 7.14. The van der Waals surface area contributed by atoms with Crippen LogP contribution < -0.4 is 11.2 Å². The average Bonchev–Trinajstić information content (AvgIpc) is 3.41. The number of ether oxygens (including phenoxy) is 2. The van der Waals surface area contributed by atoms with Gasteiger partial charge in [-0.3, -0.25) is 4.79 Å². The minimum absolute atomic E-state index is 0. The molecule has 1 aromatic rings. The molecule has 3 unspecified atom stereocenters. The van der Waals surface area contributed by atoms with Gasteiger partial charge in [0.1, 0.15) is 22.7 Å². The van der Waals surface area contributed by atoms with E-state index in [0.29, 0.717) is 26.0 Å². The maximum absolute atomic E-state index is 16.7. The number of aromatic carboxylic acids is 1. The number of halogens is 3. The van der Waals surface area contributed by atoms with E-state index in [9.17, 15) is 14.7 Å². The second kappa shape index (κ2) is 7.79. The number of pyridine rings is 1. The fourth-order valence-electron chi connectivity index (χ4n) is 5.43. The standard InChI is InChI=1S/C21H25F2N3O5.ClH/c1-30-21(23)17-13(16(27)14(19(28)29)8-26(17)12-2-3-12)6-15(22)18(21)25-7-11-4-5-31-20(11,9-24)10-25;/h8,11-12H,2-7,9-10,24H2,1H3,(H,28,29);1H. The Morgan fingerprint density at radius 1 is 1.41 bits per heavy atom. The van der Waals surface area contributed by atoms with Gasteiger partial charge < -0.3 is 29.8 Å². The maximum atomic E-state index is 16.7. The number of aromatic nitrogens is 1. The lowest BCUT2D eigenvalue weighted by Crippen LogP contribution is -2.47. The van der Waals surface area contributed by atoms with Gasteiger partial charge in [0.25, 0.3) is 5.85 Å². The Labute approximate surface area is 189 Å². The topological polar surface area (TPSA) is 107 Å². The molecule has 0 bridgehead atoms. The largest absolute Gasteiger partial charge is 0.477 e. The van der Waals surface area contributed by atoms with E-state index < -0.39 is 40.7 Å². The first-order chi connectivity index (χ1) is 14.8. The van der Waals surface area contributed by atoms with E-state index in [0.717, 1.165) is 13.5 Å². The molecule has 0 amide bonds. The van der Waals surface area contributed by atoms with Crippen molar-refractivity contribution < 1.29 is 28.2 Å². The minimum atomic E-state index is -2.73. The Morgan fingerprint density at radius 3 is 2.69 bits per heavy atom. The van der Waals surface area contributed by atoms with E-state index in [1.807, 2.05) is 0 Å². The van der Waals surface area contributed by atoms with Crippen molar-refractivity contribution in [2.45, 2.75) is 43.2 Å². The number of carboxylic acid groups (broad SMARTS) is 1. The van der Waals surface area contributed by atoms with Crippen molar-refractivity contribution in [3.8, 4) is 0 Å². The van der Waals surface area contributed by atoms with Gasteiger partial charge in [0.15, 0.2) is 5.43 Å². The number of fused-ring (bicyclic) bond motifs is 2. The molecule has 3 fully saturated rings. The van der Waals surface area contributed by atoms with Gasteiger partial charge in [0.2, 0.25) is 0 Å². The predicted molar refractivity (Wildman–Crippen MR) is 112 cm³/mol. The summed E-state index contributed by atoms with van der Waals surface area (Å²) in [5.41, 5.74) is 3.34. The highest BCUT2D eigenvalue weighted by atomic mass is 35.5. The number of rotatable bonds is 5. The van der Waals surface area contributed by atoms with Crippen molar-refractivity contribution in [3.05, 3.63) is 44.8 Å². The van der Waals surface area contributed by atoms with E-state index in [1.54, 1.807) is 4.90 Å². The summed E-state index contributed by atoms with van der Waals surface area (Å²) in [6.45, 7) is 1.39. The summed E-state index contributed by atoms with van der Waals surface area (Å²) in [7, 11) is 1.13. The Hall–Kier alpha value is -2.01. The van der Waals surface area contributed by atoms with Crippen LogP contribution in [0.1, 0.15) is 46.9 Å². The normalized spacial score (nSPS) is 31.4. The van der Waals surface area contributed by atoms with Crippen LogP contribution in [0.3, 0.4) is 0 Å². The van der Waals surface area contributed by atoms with Gasteiger partial charge in [-0.25, -0.2) is 9.18 Å². The smallest absolute Gasteiger partial charge is 0.341 e. The first kappa shape index (κ1) is 23.2. The third-order valence-corrected chi connectivity index (χ3v) is 7.14. The Kier molecular flexibility index (Phi) is 5.64. The highest BCUT2D eigenvalue weighted by Crippen LogP contribution is 2.51. The number of methoxy groups -OCH3 is 1. The number of hydrogen-bond acceptors (Lipinski definition) is 6. The summed E-state index contributed by atoms with van der Waals surface area (Å²) in [5.74, 6) is -4.95. The summed E-state index contributed by atoms with van der Waals surface area (Å²) in [6.07, 6.45) is 2.86. The molecule has 0 radical (unpaired) electrons. The molecule has 2 aliphatic carbocycles. The highest BCUT2D eigenvalue weighted by Gasteiger charge is 2.57. The zero-order valence-electron chi connectivity index (χ0n) is 17.6. The van der Waals surface area contributed by atoms with Gasteiger partial charge in [0, 0.05) is 63.5 Å². The molecule has 176 valence electrons. The number of allylic oxidation sites excluding steroid dienone is 1.